The second kappa shape index (κ2) is 7.33. The van der Waals surface area contributed by atoms with E-state index in [1.807, 2.05) is 0 Å². The van der Waals surface area contributed by atoms with Crippen molar-refractivity contribution in [2.24, 2.45) is 5.10 Å². The van der Waals surface area contributed by atoms with Crippen LogP contribution in [0.25, 0.3) is 0 Å². The first-order chi connectivity index (χ1) is 10.9. The summed E-state index contributed by atoms with van der Waals surface area (Å²) in [5.74, 6) is -0.771. The van der Waals surface area contributed by atoms with E-state index in [0.717, 1.165) is 12.3 Å². The molecule has 0 aliphatic rings. The smallest absolute Gasteiger partial charge is 0.274 e. The minimum atomic E-state index is -0.598. The number of hydrogen-bond acceptors (Lipinski definition) is 6. The highest BCUT2D eigenvalue weighted by atomic mass is 127. The summed E-state index contributed by atoms with van der Waals surface area (Å²) in [5.41, 5.74) is 2.23. The van der Waals surface area contributed by atoms with Crippen molar-refractivity contribution in [2.75, 3.05) is 0 Å². The van der Waals surface area contributed by atoms with Crippen LogP contribution >= 0.6 is 34.2 Å². The van der Waals surface area contributed by atoms with Gasteiger partial charge >= 0.3 is 0 Å². The molecule has 0 radical (unpaired) electrons. The summed E-state index contributed by atoms with van der Waals surface area (Å²) in [4.78, 5) is 25.8. The van der Waals surface area contributed by atoms with Crippen molar-refractivity contribution in [3.63, 3.8) is 0 Å². The Balaban J connectivity index is 2.19. The predicted octanol–water partition coefficient (Wildman–Crippen LogP) is 2.72. The van der Waals surface area contributed by atoms with Crippen LogP contribution in [-0.4, -0.2) is 27.1 Å². The zero-order chi connectivity index (χ0) is 17.0. The van der Waals surface area contributed by atoms with Crippen molar-refractivity contribution in [1.82, 2.24) is 10.4 Å². The monoisotopic (exact) mass is 446 g/mol. The Morgan fingerprint density at radius 3 is 2.91 bits per heavy atom. The molecule has 0 saturated carbocycles. The number of hydrogen-bond donors (Lipinski definition) is 2. The molecule has 10 heteroatoms. The third kappa shape index (κ3) is 4.13. The van der Waals surface area contributed by atoms with E-state index in [-0.39, 0.29) is 27.7 Å². The Morgan fingerprint density at radius 1 is 1.52 bits per heavy atom. The van der Waals surface area contributed by atoms with Crippen molar-refractivity contribution in [1.29, 1.82) is 0 Å². The number of aromatic hydroxyl groups is 1. The van der Waals surface area contributed by atoms with Crippen LogP contribution in [-0.2, 0) is 0 Å². The summed E-state index contributed by atoms with van der Waals surface area (Å²) < 4.78 is 0.292. The Hall–Kier alpha value is -2.27. The molecule has 2 rings (SSSR count). The maximum Gasteiger partial charge on any atom is 0.274 e. The van der Waals surface area contributed by atoms with Gasteiger partial charge in [0.05, 0.1) is 20.3 Å². The molecule has 8 nitrogen and oxygen atoms in total. The minimum Gasteiger partial charge on any atom is -0.506 e. The third-order valence-electron chi connectivity index (χ3n) is 2.66. The molecule has 2 aromatic rings. The number of halogens is 2. The molecule has 0 aliphatic carbocycles. The molecule has 0 atom stereocenters. The number of amides is 1. The van der Waals surface area contributed by atoms with Gasteiger partial charge in [0, 0.05) is 23.9 Å². The van der Waals surface area contributed by atoms with Gasteiger partial charge in [0.2, 0.25) is 0 Å². The number of rotatable bonds is 4. The molecule has 0 unspecified atom stereocenters. The van der Waals surface area contributed by atoms with Gasteiger partial charge in [-0.3, -0.25) is 14.9 Å². The van der Waals surface area contributed by atoms with E-state index in [4.69, 9.17) is 11.6 Å². The highest BCUT2D eigenvalue weighted by Crippen LogP contribution is 2.28. The van der Waals surface area contributed by atoms with Gasteiger partial charge in [-0.25, -0.2) is 10.4 Å². The highest BCUT2D eigenvalue weighted by Gasteiger charge is 2.14. The first kappa shape index (κ1) is 17.1. The van der Waals surface area contributed by atoms with E-state index in [2.05, 4.69) is 15.5 Å². The van der Waals surface area contributed by atoms with E-state index < -0.39 is 10.8 Å². The fourth-order valence-electron chi connectivity index (χ4n) is 1.59. The molecule has 1 heterocycles. The zero-order valence-corrected chi connectivity index (χ0v) is 14.1. The fraction of sp³-hybridized carbons (Fsp3) is 0. The van der Waals surface area contributed by atoms with Gasteiger partial charge in [-0.1, -0.05) is 11.6 Å². The molecule has 23 heavy (non-hydrogen) atoms. The van der Waals surface area contributed by atoms with Crippen molar-refractivity contribution in [2.45, 2.75) is 0 Å². The molecule has 1 aromatic carbocycles. The standard InChI is InChI=1S/C13H8ClIN4O4/c14-12-9(2-1-3-16-12)13(21)18-17-6-7-4-8(19(22)23)5-10(15)11(7)20/h1-6,20H,(H,18,21)/b17-6+. The minimum absolute atomic E-state index is 0.0212. The fourth-order valence-corrected chi connectivity index (χ4v) is 2.42. The molecule has 0 bridgehead atoms. The van der Waals surface area contributed by atoms with Crippen LogP contribution in [0, 0.1) is 13.7 Å². The predicted molar refractivity (Wildman–Crippen MR) is 91.8 cm³/mol. The number of benzene rings is 1. The molecule has 2 N–H and O–H groups in total. The Kier molecular flexibility index (Phi) is 5.45. The molecule has 1 aromatic heterocycles. The van der Waals surface area contributed by atoms with E-state index in [9.17, 15) is 20.0 Å². The topological polar surface area (TPSA) is 118 Å². The van der Waals surface area contributed by atoms with E-state index in [0.29, 0.717) is 3.57 Å². The second-order valence-corrected chi connectivity index (χ2v) is 5.68. The first-order valence-electron chi connectivity index (χ1n) is 6.01. The van der Waals surface area contributed by atoms with Crippen LogP contribution in [0.4, 0.5) is 5.69 Å². The molecule has 1 amide bonds. The summed E-state index contributed by atoms with van der Waals surface area (Å²) in [7, 11) is 0. The van der Waals surface area contributed by atoms with Crippen molar-refractivity contribution in [3.8, 4) is 5.75 Å². The maximum atomic E-state index is 11.9. The van der Waals surface area contributed by atoms with Gasteiger partial charge in [0.1, 0.15) is 10.9 Å². The van der Waals surface area contributed by atoms with Crippen LogP contribution in [0.15, 0.2) is 35.6 Å². The van der Waals surface area contributed by atoms with Gasteiger partial charge in [0.15, 0.2) is 0 Å². The highest BCUT2D eigenvalue weighted by molar-refractivity contribution is 14.1. The van der Waals surface area contributed by atoms with Gasteiger partial charge in [-0.2, -0.15) is 5.10 Å². The Labute approximate surface area is 148 Å². The van der Waals surface area contributed by atoms with Crippen LogP contribution in [0.5, 0.6) is 5.75 Å². The lowest BCUT2D eigenvalue weighted by atomic mass is 10.2. The van der Waals surface area contributed by atoms with Crippen molar-refractivity contribution < 1.29 is 14.8 Å². The summed E-state index contributed by atoms with van der Waals surface area (Å²) in [5, 5.41) is 24.4. The number of nitrogens with one attached hydrogen (secondary N) is 1. The lowest BCUT2D eigenvalue weighted by Crippen LogP contribution is -2.18. The number of phenolic OH excluding ortho intramolecular Hbond substituents is 1. The number of pyridine rings is 1. The van der Waals surface area contributed by atoms with Crippen LogP contribution in [0.2, 0.25) is 5.15 Å². The number of non-ortho nitro benzene ring substituents is 1. The van der Waals surface area contributed by atoms with Crippen molar-refractivity contribution in [3.05, 3.63) is 60.4 Å². The first-order valence-corrected chi connectivity index (χ1v) is 7.46. The molecule has 0 spiro atoms. The number of aromatic nitrogens is 1. The molecule has 118 valence electrons. The zero-order valence-electron chi connectivity index (χ0n) is 11.2. The van der Waals surface area contributed by atoms with Gasteiger partial charge in [-0.05, 0) is 34.7 Å². The van der Waals surface area contributed by atoms with Crippen LogP contribution in [0.1, 0.15) is 15.9 Å². The Bertz CT molecular complexity index is 813. The lowest BCUT2D eigenvalue weighted by Gasteiger charge is -2.03. The number of nitro benzene ring substituents is 1. The van der Waals surface area contributed by atoms with Gasteiger partial charge in [0.25, 0.3) is 11.6 Å². The average molecular weight is 447 g/mol. The number of hydrazone groups is 1. The number of phenols is 1. The largest absolute Gasteiger partial charge is 0.506 e. The number of nitrogens with zero attached hydrogens (tertiary/aromatic N) is 3. The molecule has 0 aliphatic heterocycles. The van der Waals surface area contributed by atoms with E-state index >= 15 is 0 Å². The van der Waals surface area contributed by atoms with Gasteiger partial charge < -0.3 is 5.11 Å². The summed E-state index contributed by atoms with van der Waals surface area (Å²) in [6.45, 7) is 0. The number of nitro groups is 1. The molecular weight excluding hydrogens is 439 g/mol. The van der Waals surface area contributed by atoms with Gasteiger partial charge in [-0.15, -0.1) is 0 Å². The third-order valence-corrected chi connectivity index (χ3v) is 3.79. The van der Waals surface area contributed by atoms with E-state index in [1.54, 1.807) is 28.7 Å². The molecular formula is C13H8ClIN4O4. The summed E-state index contributed by atoms with van der Waals surface area (Å²) in [6.07, 6.45) is 2.54. The van der Waals surface area contributed by atoms with Crippen LogP contribution < -0.4 is 5.43 Å². The summed E-state index contributed by atoms with van der Waals surface area (Å²) in [6, 6.07) is 5.37. The van der Waals surface area contributed by atoms with Crippen LogP contribution in [0.3, 0.4) is 0 Å². The maximum absolute atomic E-state index is 11.9. The normalized spacial score (nSPS) is 10.7. The SMILES string of the molecule is O=C(N/N=C/c1cc([N+](=O)[O-])cc(I)c1O)c1cccnc1Cl. The Morgan fingerprint density at radius 2 is 2.26 bits per heavy atom. The average Bonchev–Trinajstić information content (AvgIpc) is 2.51. The molecule has 0 saturated heterocycles. The number of carbonyl (C=O) groups excluding carboxylic acids is 1. The lowest BCUT2D eigenvalue weighted by molar-refractivity contribution is -0.385. The summed E-state index contributed by atoms with van der Waals surface area (Å²) >= 11 is 7.54. The molecule has 0 fully saturated rings. The number of carbonyl (C=O) groups is 1. The second-order valence-electron chi connectivity index (χ2n) is 4.16. The van der Waals surface area contributed by atoms with E-state index in [1.165, 1.54) is 18.3 Å². The quantitative estimate of drug-likeness (QED) is 0.246. The van der Waals surface area contributed by atoms with Crippen molar-refractivity contribution >= 4 is 52.0 Å².